The number of carbonyl (C=O) groups is 1. The zero-order chi connectivity index (χ0) is 16.0. The molecule has 0 aliphatic carbocycles. The van der Waals surface area contributed by atoms with E-state index in [2.05, 4.69) is 6.92 Å². The second kappa shape index (κ2) is 7.66. The Balaban J connectivity index is 2.71. The van der Waals surface area contributed by atoms with Crippen LogP contribution in [0.2, 0.25) is 5.02 Å². The van der Waals surface area contributed by atoms with Crippen LogP contribution in [0.3, 0.4) is 0 Å². The van der Waals surface area contributed by atoms with Crippen molar-refractivity contribution in [3.05, 3.63) is 28.8 Å². The Morgan fingerprint density at radius 3 is 2.62 bits per heavy atom. The van der Waals surface area contributed by atoms with Crippen LogP contribution in [0.25, 0.3) is 0 Å². The van der Waals surface area contributed by atoms with Gasteiger partial charge >= 0.3 is 5.97 Å². The number of nitrogens with two attached hydrogens (primary N) is 1. The Kier molecular flexibility index (Phi) is 6.49. The summed E-state index contributed by atoms with van der Waals surface area (Å²) in [5.41, 5.74) is 6.29. The van der Waals surface area contributed by atoms with Crippen molar-refractivity contribution < 1.29 is 14.3 Å². The van der Waals surface area contributed by atoms with Gasteiger partial charge in [0.05, 0.1) is 17.5 Å². The zero-order valence-corrected chi connectivity index (χ0v) is 13.9. The molecule has 1 aromatic rings. The summed E-state index contributed by atoms with van der Waals surface area (Å²) in [7, 11) is 1.36. The van der Waals surface area contributed by atoms with Crippen LogP contribution in [-0.4, -0.2) is 25.7 Å². The SMILES string of the molecule is CCC(N)Cc1ccc(OCC(C)(C)C(=O)OC)c(Cl)c1. The second-order valence-electron chi connectivity index (χ2n) is 5.80. The van der Waals surface area contributed by atoms with E-state index in [9.17, 15) is 4.79 Å². The van der Waals surface area contributed by atoms with Gasteiger partial charge in [-0.15, -0.1) is 0 Å². The van der Waals surface area contributed by atoms with Crippen molar-refractivity contribution in [2.24, 2.45) is 11.1 Å². The number of carbonyl (C=O) groups excluding carboxylic acids is 1. The minimum atomic E-state index is -0.721. The van der Waals surface area contributed by atoms with Crippen molar-refractivity contribution in [1.82, 2.24) is 0 Å². The topological polar surface area (TPSA) is 61.5 Å². The normalized spacial score (nSPS) is 12.9. The van der Waals surface area contributed by atoms with E-state index in [1.165, 1.54) is 7.11 Å². The van der Waals surface area contributed by atoms with Gasteiger partial charge in [0.2, 0.25) is 0 Å². The number of ether oxygens (including phenoxy) is 2. The van der Waals surface area contributed by atoms with Crippen molar-refractivity contribution >= 4 is 17.6 Å². The van der Waals surface area contributed by atoms with Gasteiger partial charge in [0.15, 0.2) is 0 Å². The first-order valence-electron chi connectivity index (χ1n) is 7.05. The van der Waals surface area contributed by atoms with E-state index < -0.39 is 5.41 Å². The molecule has 0 saturated carbocycles. The molecular formula is C16H24ClNO3. The molecule has 5 heteroatoms. The first-order chi connectivity index (χ1) is 9.80. The molecule has 0 fully saturated rings. The molecule has 0 bridgehead atoms. The summed E-state index contributed by atoms with van der Waals surface area (Å²) in [5, 5.41) is 0.525. The second-order valence-corrected chi connectivity index (χ2v) is 6.21. The van der Waals surface area contributed by atoms with Gasteiger partial charge in [-0.05, 0) is 44.4 Å². The smallest absolute Gasteiger partial charge is 0.314 e. The van der Waals surface area contributed by atoms with Crippen LogP contribution in [0.5, 0.6) is 5.75 Å². The quantitative estimate of drug-likeness (QED) is 0.785. The lowest BCUT2D eigenvalue weighted by molar-refractivity contribution is -0.152. The predicted octanol–water partition coefficient (Wildman–Crippen LogP) is 3.20. The third-order valence-electron chi connectivity index (χ3n) is 3.35. The maximum Gasteiger partial charge on any atom is 0.314 e. The predicted molar refractivity (Wildman–Crippen MR) is 84.7 cm³/mol. The molecule has 0 aliphatic rings. The summed E-state index contributed by atoms with van der Waals surface area (Å²) in [4.78, 5) is 11.6. The molecule has 21 heavy (non-hydrogen) atoms. The van der Waals surface area contributed by atoms with E-state index in [1.54, 1.807) is 13.8 Å². The Morgan fingerprint density at radius 1 is 1.43 bits per heavy atom. The fourth-order valence-electron chi connectivity index (χ4n) is 1.83. The Labute approximate surface area is 131 Å². The van der Waals surface area contributed by atoms with Gasteiger partial charge < -0.3 is 15.2 Å². The third kappa shape index (κ3) is 5.21. The van der Waals surface area contributed by atoms with Crippen LogP contribution >= 0.6 is 11.6 Å². The lowest BCUT2D eigenvalue weighted by Crippen LogP contribution is -2.32. The van der Waals surface area contributed by atoms with Crippen LogP contribution < -0.4 is 10.5 Å². The van der Waals surface area contributed by atoms with Crippen molar-refractivity contribution in [2.45, 2.75) is 39.7 Å². The summed E-state index contributed by atoms with van der Waals surface area (Å²) in [6.07, 6.45) is 1.70. The number of hydrogen-bond acceptors (Lipinski definition) is 4. The molecule has 118 valence electrons. The lowest BCUT2D eigenvalue weighted by Gasteiger charge is -2.22. The third-order valence-corrected chi connectivity index (χ3v) is 3.64. The molecular weight excluding hydrogens is 290 g/mol. The Hall–Kier alpha value is -1.26. The highest BCUT2D eigenvalue weighted by Crippen LogP contribution is 2.28. The van der Waals surface area contributed by atoms with Gasteiger partial charge in [-0.2, -0.15) is 0 Å². The standard InChI is InChI=1S/C16H24ClNO3/c1-5-12(18)8-11-6-7-14(13(17)9-11)21-10-16(2,3)15(19)20-4/h6-7,9,12H,5,8,10,18H2,1-4H3. The maximum atomic E-state index is 11.6. The summed E-state index contributed by atoms with van der Waals surface area (Å²) in [6.45, 7) is 5.79. The lowest BCUT2D eigenvalue weighted by atomic mass is 9.95. The fourth-order valence-corrected chi connectivity index (χ4v) is 2.09. The van der Waals surface area contributed by atoms with Crippen molar-refractivity contribution in [3.63, 3.8) is 0 Å². The highest BCUT2D eigenvalue weighted by molar-refractivity contribution is 6.32. The number of methoxy groups -OCH3 is 1. The van der Waals surface area contributed by atoms with E-state index in [1.807, 2.05) is 18.2 Å². The van der Waals surface area contributed by atoms with Gasteiger partial charge in [0, 0.05) is 6.04 Å². The first-order valence-corrected chi connectivity index (χ1v) is 7.43. The van der Waals surface area contributed by atoms with E-state index in [4.69, 9.17) is 26.8 Å². The average molecular weight is 314 g/mol. The molecule has 1 unspecified atom stereocenters. The summed E-state index contributed by atoms with van der Waals surface area (Å²) in [5.74, 6) is 0.242. The molecule has 1 rings (SSSR count). The van der Waals surface area contributed by atoms with E-state index in [-0.39, 0.29) is 18.6 Å². The Morgan fingerprint density at radius 2 is 2.10 bits per heavy atom. The first kappa shape index (κ1) is 17.8. The van der Waals surface area contributed by atoms with Crippen LogP contribution in [0, 0.1) is 5.41 Å². The zero-order valence-electron chi connectivity index (χ0n) is 13.1. The molecule has 1 aromatic carbocycles. The van der Waals surface area contributed by atoms with Crippen molar-refractivity contribution in [2.75, 3.05) is 13.7 Å². The number of rotatable bonds is 7. The summed E-state index contributed by atoms with van der Waals surface area (Å²) in [6, 6.07) is 5.75. The molecule has 2 N–H and O–H groups in total. The minimum absolute atomic E-state index is 0.131. The maximum absolute atomic E-state index is 11.6. The van der Waals surface area contributed by atoms with E-state index in [0.717, 1.165) is 18.4 Å². The van der Waals surface area contributed by atoms with Gasteiger partial charge in [-0.25, -0.2) is 0 Å². The molecule has 0 heterocycles. The van der Waals surface area contributed by atoms with Gasteiger partial charge in [-0.3, -0.25) is 4.79 Å². The van der Waals surface area contributed by atoms with Gasteiger partial charge in [0.1, 0.15) is 12.4 Å². The van der Waals surface area contributed by atoms with E-state index >= 15 is 0 Å². The number of hydrogen-bond donors (Lipinski definition) is 1. The Bertz CT molecular complexity index is 488. The van der Waals surface area contributed by atoms with Gasteiger partial charge in [-0.1, -0.05) is 24.6 Å². The van der Waals surface area contributed by atoms with Gasteiger partial charge in [0.25, 0.3) is 0 Å². The number of halogens is 1. The molecule has 0 radical (unpaired) electrons. The van der Waals surface area contributed by atoms with Crippen LogP contribution in [0.15, 0.2) is 18.2 Å². The van der Waals surface area contributed by atoms with Crippen LogP contribution in [-0.2, 0) is 16.0 Å². The van der Waals surface area contributed by atoms with Crippen molar-refractivity contribution in [1.29, 1.82) is 0 Å². The summed E-state index contributed by atoms with van der Waals surface area (Å²) < 4.78 is 10.4. The molecule has 0 saturated heterocycles. The molecule has 0 aromatic heterocycles. The van der Waals surface area contributed by atoms with Crippen LogP contribution in [0.1, 0.15) is 32.8 Å². The molecule has 0 aliphatic heterocycles. The number of benzene rings is 1. The fraction of sp³-hybridized carbons (Fsp3) is 0.562. The number of esters is 1. The summed E-state index contributed by atoms with van der Waals surface area (Å²) >= 11 is 6.22. The molecule has 0 amide bonds. The molecule has 0 spiro atoms. The van der Waals surface area contributed by atoms with E-state index in [0.29, 0.717) is 10.8 Å². The minimum Gasteiger partial charge on any atom is -0.491 e. The average Bonchev–Trinajstić information content (AvgIpc) is 2.45. The molecule has 1 atom stereocenters. The van der Waals surface area contributed by atoms with Crippen LogP contribution in [0.4, 0.5) is 0 Å². The largest absolute Gasteiger partial charge is 0.491 e. The highest BCUT2D eigenvalue weighted by Gasteiger charge is 2.30. The van der Waals surface area contributed by atoms with Crippen molar-refractivity contribution in [3.8, 4) is 5.75 Å². The monoisotopic (exact) mass is 313 g/mol. The molecule has 4 nitrogen and oxygen atoms in total. The highest BCUT2D eigenvalue weighted by atomic mass is 35.5.